The van der Waals surface area contributed by atoms with Crippen LogP contribution in [0.25, 0.3) is 0 Å². The third-order valence-corrected chi connectivity index (χ3v) is 4.79. The Kier molecular flexibility index (Phi) is 5.16. The molecule has 1 aliphatic rings. The number of likely N-dealkylation sites (tertiary alicyclic amines) is 1. The van der Waals surface area contributed by atoms with Crippen LogP contribution in [0.1, 0.15) is 30.0 Å². The van der Waals surface area contributed by atoms with Crippen LogP contribution in [-0.2, 0) is 4.79 Å². The molecule has 0 aromatic heterocycles. The Bertz CT molecular complexity index is 661. The van der Waals surface area contributed by atoms with Gasteiger partial charge < -0.3 is 9.84 Å². The Hall–Kier alpha value is -2.33. The zero-order valence-electron chi connectivity index (χ0n) is 13.9. The maximum Gasteiger partial charge on any atom is 0.306 e. The van der Waals surface area contributed by atoms with Crippen LogP contribution in [-0.4, -0.2) is 36.2 Å². The number of ether oxygens (including phenoxy) is 1. The number of nitrogens with zero attached hydrogens (tertiary/aromatic N) is 1. The predicted molar refractivity (Wildman–Crippen MR) is 93.2 cm³/mol. The number of aliphatic carboxylic acids is 1. The summed E-state index contributed by atoms with van der Waals surface area (Å²) in [7, 11) is 1.67. The molecule has 1 saturated heterocycles. The first-order valence-corrected chi connectivity index (χ1v) is 8.35. The lowest BCUT2D eigenvalue weighted by Crippen LogP contribution is -2.39. The topological polar surface area (TPSA) is 49.8 Å². The zero-order valence-corrected chi connectivity index (χ0v) is 13.9. The number of carbonyl (C=O) groups is 1. The number of hydrogen-bond acceptors (Lipinski definition) is 3. The maximum absolute atomic E-state index is 11.2. The summed E-state index contributed by atoms with van der Waals surface area (Å²) < 4.78 is 5.26. The molecule has 0 aliphatic carbocycles. The van der Waals surface area contributed by atoms with Gasteiger partial charge in [-0.3, -0.25) is 9.69 Å². The van der Waals surface area contributed by atoms with Crippen LogP contribution in [0, 0.1) is 5.92 Å². The summed E-state index contributed by atoms with van der Waals surface area (Å²) in [5, 5.41) is 9.22. The van der Waals surface area contributed by atoms with Crippen molar-refractivity contribution < 1.29 is 14.6 Å². The van der Waals surface area contributed by atoms with Crippen molar-refractivity contribution >= 4 is 5.97 Å². The van der Waals surface area contributed by atoms with Gasteiger partial charge in [-0.05, 0) is 49.2 Å². The van der Waals surface area contributed by atoms with Gasteiger partial charge >= 0.3 is 5.97 Å². The summed E-state index contributed by atoms with van der Waals surface area (Å²) in [6.07, 6.45) is 1.41. The van der Waals surface area contributed by atoms with Crippen LogP contribution in [0.5, 0.6) is 5.75 Å². The number of methoxy groups -OCH3 is 1. The molecule has 0 saturated carbocycles. The van der Waals surface area contributed by atoms with Gasteiger partial charge in [0.1, 0.15) is 5.75 Å². The summed E-state index contributed by atoms with van der Waals surface area (Å²) in [5.41, 5.74) is 2.44. The molecule has 1 aliphatic heterocycles. The first-order valence-electron chi connectivity index (χ1n) is 8.35. The highest BCUT2D eigenvalue weighted by Gasteiger charge is 2.30. The summed E-state index contributed by atoms with van der Waals surface area (Å²) in [6.45, 7) is 1.59. The van der Waals surface area contributed by atoms with Crippen molar-refractivity contribution in [2.45, 2.75) is 18.9 Å². The van der Waals surface area contributed by atoms with Gasteiger partial charge in [0.15, 0.2) is 0 Å². The summed E-state index contributed by atoms with van der Waals surface area (Å²) >= 11 is 0. The van der Waals surface area contributed by atoms with Crippen molar-refractivity contribution in [3.05, 3.63) is 65.7 Å². The fraction of sp³-hybridized carbons (Fsp3) is 0.350. The fourth-order valence-corrected chi connectivity index (χ4v) is 3.44. The molecule has 0 spiro atoms. The van der Waals surface area contributed by atoms with Crippen LogP contribution in [0.4, 0.5) is 0 Å². The lowest BCUT2D eigenvalue weighted by molar-refractivity contribution is -0.143. The third kappa shape index (κ3) is 3.60. The summed E-state index contributed by atoms with van der Waals surface area (Å²) in [6, 6.07) is 18.7. The average molecular weight is 325 g/mol. The first-order chi connectivity index (χ1) is 11.7. The predicted octanol–water partition coefficient (Wildman–Crippen LogP) is 3.58. The van der Waals surface area contributed by atoms with E-state index >= 15 is 0 Å². The van der Waals surface area contributed by atoms with Crippen LogP contribution in [0.2, 0.25) is 0 Å². The molecule has 1 atom stereocenters. The van der Waals surface area contributed by atoms with E-state index in [4.69, 9.17) is 4.74 Å². The highest BCUT2D eigenvalue weighted by atomic mass is 16.5. The molecule has 1 heterocycles. The van der Waals surface area contributed by atoms with Crippen LogP contribution >= 0.6 is 0 Å². The van der Waals surface area contributed by atoms with E-state index in [0.29, 0.717) is 12.8 Å². The maximum atomic E-state index is 11.2. The second kappa shape index (κ2) is 7.49. The van der Waals surface area contributed by atoms with E-state index < -0.39 is 5.97 Å². The van der Waals surface area contributed by atoms with Gasteiger partial charge in [0.2, 0.25) is 0 Å². The molecule has 1 unspecified atom stereocenters. The van der Waals surface area contributed by atoms with Gasteiger partial charge in [-0.1, -0.05) is 42.5 Å². The number of piperidine rings is 1. The molecule has 1 fully saturated rings. The molecule has 0 bridgehead atoms. The Labute approximate surface area is 142 Å². The molecule has 1 N–H and O–H groups in total. The van der Waals surface area contributed by atoms with Crippen molar-refractivity contribution in [2.24, 2.45) is 5.92 Å². The van der Waals surface area contributed by atoms with Crippen molar-refractivity contribution in [3.8, 4) is 5.75 Å². The van der Waals surface area contributed by atoms with Crippen molar-refractivity contribution in [2.75, 3.05) is 20.2 Å². The molecule has 4 heteroatoms. The molecule has 0 radical (unpaired) electrons. The highest BCUT2D eigenvalue weighted by molar-refractivity contribution is 5.70. The number of hydrogen-bond donors (Lipinski definition) is 1. The minimum atomic E-state index is -0.671. The fourth-order valence-electron chi connectivity index (χ4n) is 3.44. The van der Waals surface area contributed by atoms with Gasteiger partial charge in [0.05, 0.1) is 19.1 Å². The minimum Gasteiger partial charge on any atom is -0.497 e. The Morgan fingerprint density at radius 3 is 2.17 bits per heavy atom. The molecular weight excluding hydrogens is 302 g/mol. The second-order valence-electron chi connectivity index (χ2n) is 6.23. The Balaban J connectivity index is 1.87. The lowest BCUT2D eigenvalue weighted by atomic mass is 9.91. The van der Waals surface area contributed by atoms with Crippen LogP contribution in [0.3, 0.4) is 0 Å². The average Bonchev–Trinajstić information content (AvgIpc) is 2.64. The Morgan fingerprint density at radius 1 is 1.04 bits per heavy atom. The van der Waals surface area contributed by atoms with E-state index in [1.165, 1.54) is 11.1 Å². The normalized spacial score (nSPS) is 17.4. The lowest BCUT2D eigenvalue weighted by Gasteiger charge is -2.37. The molecule has 0 amide bonds. The van der Waals surface area contributed by atoms with Gasteiger partial charge in [-0.15, -0.1) is 0 Å². The molecule has 4 nitrogen and oxygen atoms in total. The van der Waals surface area contributed by atoms with Gasteiger partial charge in [-0.25, -0.2) is 0 Å². The van der Waals surface area contributed by atoms with Crippen LogP contribution < -0.4 is 4.74 Å². The largest absolute Gasteiger partial charge is 0.497 e. The zero-order chi connectivity index (χ0) is 16.9. The molecule has 126 valence electrons. The molecule has 3 rings (SSSR count). The number of benzene rings is 2. The van der Waals surface area contributed by atoms with Gasteiger partial charge in [0.25, 0.3) is 0 Å². The standard InChI is InChI=1S/C20H23NO3/c1-24-18-9-7-16(8-10-18)19(15-5-3-2-4-6-15)21-13-11-17(12-14-21)20(22)23/h2-10,17,19H,11-14H2,1H3,(H,22,23). The highest BCUT2D eigenvalue weighted by Crippen LogP contribution is 2.33. The molecule has 2 aromatic rings. The molecule has 24 heavy (non-hydrogen) atoms. The number of carboxylic acid groups (broad SMARTS) is 1. The van der Waals surface area contributed by atoms with E-state index in [1.54, 1.807) is 7.11 Å². The van der Waals surface area contributed by atoms with E-state index in [9.17, 15) is 9.90 Å². The van der Waals surface area contributed by atoms with E-state index in [0.717, 1.165) is 18.8 Å². The number of carboxylic acids is 1. The smallest absolute Gasteiger partial charge is 0.306 e. The summed E-state index contributed by atoms with van der Waals surface area (Å²) in [4.78, 5) is 13.6. The number of rotatable bonds is 5. The van der Waals surface area contributed by atoms with Crippen molar-refractivity contribution in [3.63, 3.8) is 0 Å². The van der Waals surface area contributed by atoms with Crippen molar-refractivity contribution in [1.82, 2.24) is 4.90 Å². The van der Waals surface area contributed by atoms with Gasteiger partial charge in [-0.2, -0.15) is 0 Å². The molecular formula is C20H23NO3. The van der Waals surface area contributed by atoms with E-state index in [-0.39, 0.29) is 12.0 Å². The summed E-state index contributed by atoms with van der Waals surface area (Å²) in [5.74, 6) is -0.0425. The quantitative estimate of drug-likeness (QED) is 0.913. The van der Waals surface area contributed by atoms with E-state index in [2.05, 4.69) is 41.3 Å². The second-order valence-corrected chi connectivity index (χ2v) is 6.23. The van der Waals surface area contributed by atoms with Gasteiger partial charge in [0, 0.05) is 0 Å². The van der Waals surface area contributed by atoms with Crippen molar-refractivity contribution in [1.29, 1.82) is 0 Å². The monoisotopic (exact) mass is 325 g/mol. The Morgan fingerprint density at radius 2 is 1.62 bits per heavy atom. The molecule has 2 aromatic carbocycles. The van der Waals surface area contributed by atoms with Crippen LogP contribution in [0.15, 0.2) is 54.6 Å². The van der Waals surface area contributed by atoms with E-state index in [1.807, 2.05) is 18.2 Å². The first kappa shape index (κ1) is 16.5. The minimum absolute atomic E-state index is 0.145. The SMILES string of the molecule is COc1ccc(C(c2ccccc2)N2CCC(C(=O)O)CC2)cc1. The third-order valence-electron chi connectivity index (χ3n) is 4.79.